The first-order chi connectivity index (χ1) is 17.3. The van der Waals surface area contributed by atoms with E-state index in [0.29, 0.717) is 0 Å². The van der Waals surface area contributed by atoms with Gasteiger partial charge in [-0.1, -0.05) is 96.4 Å². The predicted molar refractivity (Wildman–Crippen MR) is 151 cm³/mol. The van der Waals surface area contributed by atoms with E-state index in [9.17, 15) is 0 Å². The molecule has 171 valence electrons. The molecule has 0 aliphatic carbocycles. The van der Waals surface area contributed by atoms with Crippen LogP contribution in [0.15, 0.2) is 109 Å². The van der Waals surface area contributed by atoms with E-state index in [2.05, 4.69) is 109 Å². The third kappa shape index (κ3) is 3.07. The summed E-state index contributed by atoms with van der Waals surface area (Å²) in [4.78, 5) is 4.95. The Kier molecular flexibility index (Phi) is 4.94. The van der Waals surface area contributed by atoms with Gasteiger partial charge in [0.1, 0.15) is 0 Å². The van der Waals surface area contributed by atoms with Crippen LogP contribution in [0.2, 0.25) is 0 Å². The summed E-state index contributed by atoms with van der Waals surface area (Å²) in [5.74, 6) is 0. The van der Waals surface area contributed by atoms with Crippen LogP contribution in [0.1, 0.15) is 0 Å². The van der Waals surface area contributed by atoms with Gasteiger partial charge in [0.15, 0.2) is 0 Å². The molecule has 1 radical (unpaired) electrons. The molecule has 0 bridgehead atoms. The summed E-state index contributed by atoms with van der Waals surface area (Å²) < 4.78 is 2.60. The molecule has 0 N–H and O–H groups in total. The zero-order valence-electron chi connectivity index (χ0n) is 19.1. The number of benzene rings is 6. The van der Waals surface area contributed by atoms with Gasteiger partial charge >= 0.3 is 0 Å². The fraction of sp³-hybridized carbons (Fsp3) is 0. The Morgan fingerprint density at radius 1 is 0.583 bits per heavy atom. The number of fused-ring (bicyclic) bond motifs is 11. The number of aromatic nitrogens is 1. The van der Waals surface area contributed by atoms with Gasteiger partial charge in [0.05, 0.1) is 5.52 Å². The molecule has 8 aromatic rings. The molecule has 1 nitrogen and oxygen atoms in total. The van der Waals surface area contributed by atoms with Crippen LogP contribution in [0.4, 0.5) is 0 Å². The van der Waals surface area contributed by atoms with Crippen molar-refractivity contribution in [1.29, 1.82) is 0 Å². The number of nitrogens with zero attached hydrogens (tertiary/aromatic N) is 1. The summed E-state index contributed by atoms with van der Waals surface area (Å²) in [6.07, 6.45) is 0. The second-order valence-corrected chi connectivity index (χ2v) is 10.1. The van der Waals surface area contributed by atoms with Gasteiger partial charge in [-0.3, -0.25) is 4.98 Å². The topological polar surface area (TPSA) is 12.9 Å². The summed E-state index contributed by atoms with van der Waals surface area (Å²) in [6, 6.07) is 42.6. The number of hydrogen-bond acceptors (Lipinski definition) is 2. The second kappa shape index (κ2) is 8.21. The van der Waals surface area contributed by atoms with E-state index in [1.165, 1.54) is 52.5 Å². The molecule has 0 fully saturated rings. The van der Waals surface area contributed by atoms with Gasteiger partial charge in [-0.2, -0.15) is 11.3 Å². The molecule has 0 aliphatic heterocycles. The normalized spacial score (nSPS) is 11.7. The average Bonchev–Trinajstić information content (AvgIpc) is 3.31. The third-order valence-electron chi connectivity index (χ3n) is 7.14. The minimum Gasteiger partial charge on any atom is -0.296 e. The van der Waals surface area contributed by atoms with Crippen molar-refractivity contribution in [2.75, 3.05) is 0 Å². The van der Waals surface area contributed by atoms with Crippen molar-refractivity contribution in [2.45, 2.75) is 0 Å². The van der Waals surface area contributed by atoms with E-state index >= 15 is 0 Å². The molecule has 36 heavy (non-hydrogen) atoms. The molecule has 0 aliphatic rings. The summed E-state index contributed by atoms with van der Waals surface area (Å²) >= 11 is 1.87. The molecule has 0 saturated heterocycles. The SMILES string of the molecule is [Ir].[c-]1cc2sc3c4ccccc4c4ccc5ccccc5c4c3c2cc1-c1ccc2ccccc2n1. The van der Waals surface area contributed by atoms with Crippen LogP contribution < -0.4 is 0 Å². The van der Waals surface area contributed by atoms with Crippen molar-refractivity contribution in [2.24, 2.45) is 0 Å². The maximum Gasteiger partial charge on any atom is 0.0595 e. The van der Waals surface area contributed by atoms with Crippen LogP contribution >= 0.6 is 11.3 Å². The molecule has 0 saturated carbocycles. The Hall–Kier alpha value is -3.62. The quantitative estimate of drug-likeness (QED) is 0.127. The molecule has 0 atom stereocenters. The minimum atomic E-state index is 0. The third-order valence-corrected chi connectivity index (χ3v) is 8.32. The van der Waals surface area contributed by atoms with Crippen LogP contribution in [-0.4, -0.2) is 4.98 Å². The van der Waals surface area contributed by atoms with E-state index in [1.54, 1.807) is 0 Å². The number of rotatable bonds is 1. The van der Waals surface area contributed by atoms with Gasteiger partial charge < -0.3 is 0 Å². The zero-order chi connectivity index (χ0) is 22.9. The maximum absolute atomic E-state index is 4.95. The fourth-order valence-electron chi connectivity index (χ4n) is 5.52. The Balaban J connectivity index is 0.00000220. The fourth-order valence-corrected chi connectivity index (χ4v) is 6.74. The number of pyridine rings is 1. The largest absolute Gasteiger partial charge is 0.296 e. The molecule has 0 spiro atoms. The van der Waals surface area contributed by atoms with Gasteiger partial charge in [-0.15, -0.1) is 23.8 Å². The van der Waals surface area contributed by atoms with E-state index < -0.39 is 0 Å². The Morgan fingerprint density at radius 2 is 1.31 bits per heavy atom. The van der Waals surface area contributed by atoms with Crippen LogP contribution in [0, 0.1) is 6.07 Å². The first kappa shape index (κ1) is 21.6. The molecular weight excluding hydrogens is 635 g/mol. The summed E-state index contributed by atoms with van der Waals surface area (Å²) in [5, 5.41) is 11.6. The summed E-state index contributed by atoms with van der Waals surface area (Å²) in [5.41, 5.74) is 3.00. The predicted octanol–water partition coefficient (Wildman–Crippen LogP) is 9.53. The summed E-state index contributed by atoms with van der Waals surface area (Å²) in [7, 11) is 0. The van der Waals surface area contributed by atoms with Crippen molar-refractivity contribution in [3.05, 3.63) is 115 Å². The van der Waals surface area contributed by atoms with Crippen molar-refractivity contribution < 1.29 is 20.1 Å². The van der Waals surface area contributed by atoms with E-state index in [4.69, 9.17) is 4.98 Å². The van der Waals surface area contributed by atoms with Crippen LogP contribution in [0.25, 0.3) is 74.6 Å². The Morgan fingerprint density at radius 3 is 2.19 bits per heavy atom. The van der Waals surface area contributed by atoms with Crippen LogP contribution in [0.3, 0.4) is 0 Å². The van der Waals surface area contributed by atoms with Crippen molar-refractivity contribution in [3.8, 4) is 11.3 Å². The van der Waals surface area contributed by atoms with Crippen molar-refractivity contribution in [3.63, 3.8) is 0 Å². The van der Waals surface area contributed by atoms with Crippen LogP contribution in [0.5, 0.6) is 0 Å². The number of para-hydroxylation sites is 1. The maximum atomic E-state index is 4.95. The minimum absolute atomic E-state index is 0. The Bertz CT molecular complexity index is 2120. The zero-order valence-corrected chi connectivity index (χ0v) is 22.3. The molecule has 6 aromatic carbocycles. The van der Waals surface area contributed by atoms with Gasteiger partial charge in [-0.05, 0) is 59.6 Å². The molecule has 8 rings (SSSR count). The molecule has 2 heterocycles. The smallest absolute Gasteiger partial charge is 0.0595 e. The van der Waals surface area contributed by atoms with Crippen molar-refractivity contribution in [1.82, 2.24) is 4.98 Å². The van der Waals surface area contributed by atoms with Gasteiger partial charge in [0, 0.05) is 24.8 Å². The van der Waals surface area contributed by atoms with Crippen LogP contribution in [-0.2, 0) is 20.1 Å². The molecule has 3 heteroatoms. The van der Waals surface area contributed by atoms with Gasteiger partial charge in [0.2, 0.25) is 0 Å². The average molecular weight is 653 g/mol. The first-order valence-corrected chi connectivity index (χ1v) is 12.6. The summed E-state index contributed by atoms with van der Waals surface area (Å²) in [6.45, 7) is 0. The molecule has 0 amide bonds. The van der Waals surface area contributed by atoms with E-state index in [1.807, 2.05) is 17.4 Å². The second-order valence-electron chi connectivity index (χ2n) is 9.07. The van der Waals surface area contributed by atoms with Gasteiger partial charge in [0.25, 0.3) is 0 Å². The first-order valence-electron chi connectivity index (χ1n) is 11.8. The number of hydrogen-bond donors (Lipinski definition) is 0. The molecule has 0 unspecified atom stereocenters. The molecular formula is C33H18IrNS-. The monoisotopic (exact) mass is 653 g/mol. The number of thiophene rings is 1. The Labute approximate surface area is 225 Å². The van der Waals surface area contributed by atoms with Gasteiger partial charge in [-0.25, -0.2) is 0 Å². The van der Waals surface area contributed by atoms with Crippen molar-refractivity contribution >= 4 is 74.7 Å². The van der Waals surface area contributed by atoms with E-state index in [-0.39, 0.29) is 20.1 Å². The standard InChI is InChI=1S/C33H18NS.Ir/c1-3-9-23-20(7-1)13-16-25-24-10-4-5-11-26(24)33-32(31(23)25)27-19-22(15-18-30(27)35-33)29-17-14-21-8-2-6-12-28(21)34-29;/h1-14,16-19H;/q-1;. The van der Waals surface area contributed by atoms with E-state index in [0.717, 1.165) is 22.2 Å². The molecule has 2 aromatic heterocycles.